The smallest absolute Gasteiger partial charge is 0.0485 e. The van der Waals surface area contributed by atoms with Crippen molar-refractivity contribution in [2.24, 2.45) is 5.73 Å². The average molecular weight is 285 g/mol. The number of para-hydroxylation sites is 1. The van der Waals surface area contributed by atoms with Crippen LogP contribution in [-0.4, -0.2) is 13.6 Å². The van der Waals surface area contributed by atoms with Gasteiger partial charge < -0.3 is 10.6 Å². The van der Waals surface area contributed by atoms with Crippen molar-refractivity contribution < 1.29 is 0 Å². The summed E-state index contributed by atoms with van der Waals surface area (Å²) in [6.07, 6.45) is 3.07. The number of nitrogens with zero attached hydrogens (tertiary/aromatic N) is 1. The molecule has 0 radical (unpaired) electrons. The van der Waals surface area contributed by atoms with Gasteiger partial charge in [0.25, 0.3) is 0 Å². The second-order valence-electron chi connectivity index (χ2n) is 4.99. The van der Waals surface area contributed by atoms with Crippen LogP contribution in [0.25, 0.3) is 11.6 Å². The fraction of sp³-hybridized carbons (Fsp3) is 0.176. The molecule has 2 N–H and O–H groups in total. The highest BCUT2D eigenvalue weighted by Gasteiger charge is 2.18. The van der Waals surface area contributed by atoms with Crippen LogP contribution in [0.1, 0.15) is 17.5 Å². The van der Waals surface area contributed by atoms with E-state index >= 15 is 0 Å². The molecule has 0 saturated heterocycles. The summed E-state index contributed by atoms with van der Waals surface area (Å²) in [5, 5.41) is 0.756. The predicted molar refractivity (Wildman–Crippen MR) is 87.5 cm³/mol. The van der Waals surface area contributed by atoms with Gasteiger partial charge in [-0.2, -0.15) is 0 Å². The number of hydrogen-bond acceptors (Lipinski definition) is 2. The van der Waals surface area contributed by atoms with Gasteiger partial charge in [0.2, 0.25) is 0 Å². The SMILES string of the molecule is CN1c2ccccc2C=C(CCN)c2cc(Cl)ccc21. The molecule has 0 fully saturated rings. The van der Waals surface area contributed by atoms with Crippen LogP contribution in [-0.2, 0) is 0 Å². The van der Waals surface area contributed by atoms with Crippen LogP contribution < -0.4 is 10.6 Å². The Kier molecular flexibility index (Phi) is 3.51. The van der Waals surface area contributed by atoms with Crippen molar-refractivity contribution in [2.75, 3.05) is 18.5 Å². The first-order valence-electron chi connectivity index (χ1n) is 6.74. The number of nitrogens with two attached hydrogens (primary N) is 1. The Balaban J connectivity index is 2.27. The van der Waals surface area contributed by atoms with E-state index < -0.39 is 0 Å². The van der Waals surface area contributed by atoms with E-state index in [2.05, 4.69) is 48.4 Å². The maximum atomic E-state index is 6.18. The normalized spacial score (nSPS) is 13.3. The van der Waals surface area contributed by atoms with Crippen LogP contribution in [0.15, 0.2) is 42.5 Å². The number of rotatable bonds is 2. The summed E-state index contributed by atoms with van der Waals surface area (Å²) in [4.78, 5) is 2.21. The van der Waals surface area contributed by atoms with E-state index in [1.165, 1.54) is 28.1 Å². The summed E-state index contributed by atoms with van der Waals surface area (Å²) >= 11 is 6.18. The van der Waals surface area contributed by atoms with Crippen LogP contribution in [0, 0.1) is 0 Å². The molecule has 0 amide bonds. The predicted octanol–water partition coefficient (Wildman–Crippen LogP) is 4.31. The first-order chi connectivity index (χ1) is 9.70. The van der Waals surface area contributed by atoms with Crippen LogP contribution in [0.2, 0.25) is 5.02 Å². The van der Waals surface area contributed by atoms with E-state index in [1.807, 2.05) is 12.1 Å². The van der Waals surface area contributed by atoms with Gasteiger partial charge in [-0.05, 0) is 54.4 Å². The third kappa shape index (κ3) is 2.21. The number of anilines is 2. The zero-order valence-electron chi connectivity index (χ0n) is 11.4. The molecule has 2 nitrogen and oxygen atoms in total. The largest absolute Gasteiger partial charge is 0.344 e. The number of fused-ring (bicyclic) bond motifs is 2. The average Bonchev–Trinajstić information content (AvgIpc) is 2.56. The molecule has 2 aromatic rings. The van der Waals surface area contributed by atoms with Gasteiger partial charge in [0.05, 0.1) is 0 Å². The first kappa shape index (κ1) is 13.2. The lowest BCUT2D eigenvalue weighted by Gasteiger charge is -2.22. The molecule has 0 bridgehead atoms. The molecule has 0 saturated carbocycles. The van der Waals surface area contributed by atoms with Crippen LogP contribution in [0.4, 0.5) is 11.4 Å². The van der Waals surface area contributed by atoms with E-state index in [4.69, 9.17) is 17.3 Å². The van der Waals surface area contributed by atoms with Crippen molar-refractivity contribution in [1.82, 2.24) is 0 Å². The zero-order valence-corrected chi connectivity index (χ0v) is 12.2. The van der Waals surface area contributed by atoms with E-state index in [9.17, 15) is 0 Å². The van der Waals surface area contributed by atoms with Crippen molar-refractivity contribution in [2.45, 2.75) is 6.42 Å². The maximum Gasteiger partial charge on any atom is 0.0485 e. The van der Waals surface area contributed by atoms with E-state index in [1.54, 1.807) is 0 Å². The highest BCUT2D eigenvalue weighted by Crippen LogP contribution is 2.40. The minimum absolute atomic E-state index is 0.629. The lowest BCUT2D eigenvalue weighted by molar-refractivity contribution is 1.02. The number of benzene rings is 2. The monoisotopic (exact) mass is 284 g/mol. The Morgan fingerprint density at radius 2 is 1.90 bits per heavy atom. The number of hydrogen-bond donors (Lipinski definition) is 1. The summed E-state index contributed by atoms with van der Waals surface area (Å²) in [6.45, 7) is 0.629. The number of halogens is 1. The van der Waals surface area contributed by atoms with Gasteiger partial charge in [0.1, 0.15) is 0 Å². The molecule has 0 aliphatic carbocycles. The Hall–Kier alpha value is -1.77. The molecule has 20 heavy (non-hydrogen) atoms. The minimum Gasteiger partial charge on any atom is -0.344 e. The zero-order chi connectivity index (χ0) is 14.1. The van der Waals surface area contributed by atoms with Crippen LogP contribution in [0.5, 0.6) is 0 Å². The lowest BCUT2D eigenvalue weighted by atomic mass is 9.99. The van der Waals surface area contributed by atoms with Crippen LogP contribution in [0.3, 0.4) is 0 Å². The lowest BCUT2D eigenvalue weighted by Crippen LogP contribution is -2.11. The van der Waals surface area contributed by atoms with Crippen molar-refractivity contribution in [3.63, 3.8) is 0 Å². The van der Waals surface area contributed by atoms with Crippen molar-refractivity contribution in [1.29, 1.82) is 0 Å². The van der Waals surface area contributed by atoms with Gasteiger partial charge in [-0.1, -0.05) is 29.8 Å². The molecule has 1 aliphatic heterocycles. The Morgan fingerprint density at radius 3 is 2.70 bits per heavy atom. The summed E-state index contributed by atoms with van der Waals surface area (Å²) in [5.41, 5.74) is 11.8. The van der Waals surface area contributed by atoms with Gasteiger partial charge >= 0.3 is 0 Å². The summed E-state index contributed by atoms with van der Waals surface area (Å²) in [5.74, 6) is 0. The van der Waals surface area contributed by atoms with Gasteiger partial charge in [-0.3, -0.25) is 0 Å². The molecule has 3 rings (SSSR count). The molecule has 1 heterocycles. The third-order valence-electron chi connectivity index (χ3n) is 3.71. The molecular weight excluding hydrogens is 268 g/mol. The second-order valence-corrected chi connectivity index (χ2v) is 5.42. The molecule has 0 unspecified atom stereocenters. The second kappa shape index (κ2) is 5.31. The molecule has 102 valence electrons. The van der Waals surface area contributed by atoms with E-state index in [-0.39, 0.29) is 0 Å². The Bertz CT molecular complexity index is 676. The molecule has 1 aliphatic rings. The summed E-state index contributed by atoms with van der Waals surface area (Å²) < 4.78 is 0. The fourth-order valence-corrected chi connectivity index (χ4v) is 2.90. The topological polar surface area (TPSA) is 29.3 Å². The molecular formula is C17H17ClN2. The highest BCUT2D eigenvalue weighted by molar-refractivity contribution is 6.31. The molecule has 2 aromatic carbocycles. The first-order valence-corrected chi connectivity index (χ1v) is 7.12. The van der Waals surface area contributed by atoms with Crippen molar-refractivity contribution >= 4 is 34.6 Å². The molecule has 3 heteroatoms. The van der Waals surface area contributed by atoms with Crippen molar-refractivity contribution in [3.05, 3.63) is 58.6 Å². The van der Waals surface area contributed by atoms with E-state index in [0.29, 0.717) is 6.54 Å². The quantitative estimate of drug-likeness (QED) is 0.890. The van der Waals surface area contributed by atoms with Gasteiger partial charge in [-0.15, -0.1) is 0 Å². The summed E-state index contributed by atoms with van der Waals surface area (Å²) in [7, 11) is 2.09. The van der Waals surface area contributed by atoms with Crippen LogP contribution >= 0.6 is 11.6 Å². The van der Waals surface area contributed by atoms with Gasteiger partial charge in [-0.25, -0.2) is 0 Å². The maximum absolute atomic E-state index is 6.18. The Morgan fingerprint density at radius 1 is 1.10 bits per heavy atom. The molecule has 0 atom stereocenters. The molecule has 0 spiro atoms. The standard InChI is InChI=1S/C17H17ClN2/c1-20-16-5-3-2-4-13(16)10-12(8-9-19)15-11-14(18)6-7-17(15)20/h2-7,10-11H,8-9,19H2,1H3. The van der Waals surface area contributed by atoms with E-state index in [0.717, 1.165) is 11.4 Å². The Labute approximate surface area is 124 Å². The fourth-order valence-electron chi connectivity index (χ4n) is 2.73. The highest BCUT2D eigenvalue weighted by atomic mass is 35.5. The van der Waals surface area contributed by atoms with Crippen molar-refractivity contribution in [3.8, 4) is 0 Å². The van der Waals surface area contributed by atoms with Gasteiger partial charge in [0.15, 0.2) is 0 Å². The minimum atomic E-state index is 0.629. The van der Waals surface area contributed by atoms with Gasteiger partial charge in [0, 0.05) is 29.0 Å². The summed E-state index contributed by atoms with van der Waals surface area (Å²) in [6, 6.07) is 14.4. The molecule has 0 aromatic heterocycles. The third-order valence-corrected chi connectivity index (χ3v) is 3.94.